The van der Waals surface area contributed by atoms with Gasteiger partial charge in [-0.2, -0.15) is 0 Å². The first-order valence-corrected chi connectivity index (χ1v) is 6.29. The third-order valence-electron chi connectivity index (χ3n) is 3.00. The van der Waals surface area contributed by atoms with Crippen molar-refractivity contribution in [2.24, 2.45) is 0 Å². The number of hydrogen-bond donors (Lipinski definition) is 1. The Labute approximate surface area is 114 Å². The van der Waals surface area contributed by atoms with Crippen LogP contribution in [-0.2, 0) is 4.79 Å². The monoisotopic (exact) mass is 284 g/mol. The number of rotatable bonds is 6. The Hall–Kier alpha value is -1.82. The fourth-order valence-electron chi connectivity index (χ4n) is 1.99. The number of carbonyl (C=O) groups is 1. The molecule has 0 bridgehead atoms. The molecule has 0 aliphatic heterocycles. The Kier molecular flexibility index (Phi) is 3.90. The van der Waals surface area contributed by atoms with Gasteiger partial charge in [0.25, 0.3) is 5.69 Å². The summed E-state index contributed by atoms with van der Waals surface area (Å²) in [6.45, 7) is 0.266. The van der Waals surface area contributed by atoms with Gasteiger partial charge in [0.15, 0.2) is 0 Å². The molecule has 1 fully saturated rings. The lowest BCUT2D eigenvalue weighted by molar-refractivity contribution is -0.384. The van der Waals surface area contributed by atoms with Crippen LogP contribution in [-0.4, -0.2) is 28.6 Å². The van der Waals surface area contributed by atoms with Crippen molar-refractivity contribution in [3.8, 4) is 0 Å². The van der Waals surface area contributed by atoms with E-state index in [1.54, 1.807) is 17.0 Å². The summed E-state index contributed by atoms with van der Waals surface area (Å²) < 4.78 is 0. The summed E-state index contributed by atoms with van der Waals surface area (Å²) in [6.07, 6.45) is 1.81. The van der Waals surface area contributed by atoms with Crippen molar-refractivity contribution in [3.63, 3.8) is 0 Å². The Morgan fingerprint density at radius 1 is 1.53 bits per heavy atom. The number of nitro benzene ring substituents is 1. The second-order valence-electron chi connectivity index (χ2n) is 4.46. The first-order valence-electron chi connectivity index (χ1n) is 5.91. The molecule has 0 radical (unpaired) electrons. The smallest absolute Gasteiger partial charge is 0.305 e. The summed E-state index contributed by atoms with van der Waals surface area (Å²) in [5.41, 5.74) is 0.364. The second-order valence-corrected chi connectivity index (χ2v) is 4.89. The summed E-state index contributed by atoms with van der Waals surface area (Å²) >= 11 is 5.77. The molecule has 1 aromatic rings. The maximum Gasteiger partial charge on any atom is 0.305 e. The molecule has 19 heavy (non-hydrogen) atoms. The van der Waals surface area contributed by atoms with Gasteiger partial charge in [0, 0.05) is 23.7 Å². The Bertz CT molecular complexity index is 516. The maximum atomic E-state index is 11.1. The molecule has 1 N–H and O–H groups in total. The SMILES string of the molecule is O=C(O)CCN(c1ccc(Cl)cc1[N+](=O)[O-])C1CC1. The van der Waals surface area contributed by atoms with Crippen LogP contribution >= 0.6 is 11.6 Å². The molecule has 0 spiro atoms. The van der Waals surface area contributed by atoms with Gasteiger partial charge >= 0.3 is 5.97 Å². The van der Waals surface area contributed by atoms with E-state index in [2.05, 4.69) is 0 Å². The maximum absolute atomic E-state index is 11.1. The van der Waals surface area contributed by atoms with E-state index in [9.17, 15) is 14.9 Å². The summed E-state index contributed by atoms with van der Waals surface area (Å²) in [5.74, 6) is -0.915. The number of hydrogen-bond acceptors (Lipinski definition) is 4. The molecule has 0 amide bonds. The number of nitro groups is 1. The van der Waals surface area contributed by atoms with Crippen LogP contribution in [0.1, 0.15) is 19.3 Å². The van der Waals surface area contributed by atoms with Gasteiger partial charge in [0.05, 0.1) is 11.3 Å². The topological polar surface area (TPSA) is 83.7 Å². The second kappa shape index (κ2) is 5.44. The molecule has 1 aliphatic carbocycles. The largest absolute Gasteiger partial charge is 0.481 e. The highest BCUT2D eigenvalue weighted by atomic mass is 35.5. The first kappa shape index (κ1) is 13.6. The first-order chi connectivity index (χ1) is 8.99. The number of benzene rings is 1. The molecule has 0 atom stereocenters. The number of anilines is 1. The van der Waals surface area contributed by atoms with Crippen LogP contribution in [0.4, 0.5) is 11.4 Å². The summed E-state index contributed by atoms with van der Waals surface area (Å²) in [6, 6.07) is 4.66. The minimum absolute atomic E-state index is 0.0454. The van der Waals surface area contributed by atoms with Crippen LogP contribution in [0.15, 0.2) is 18.2 Å². The van der Waals surface area contributed by atoms with Gasteiger partial charge in [0.1, 0.15) is 5.69 Å². The van der Waals surface area contributed by atoms with Gasteiger partial charge in [-0.3, -0.25) is 14.9 Å². The molecule has 102 valence electrons. The predicted octanol–water partition coefficient (Wildman–Crippen LogP) is 2.69. The van der Waals surface area contributed by atoms with Crippen molar-refractivity contribution in [1.82, 2.24) is 0 Å². The van der Waals surface area contributed by atoms with E-state index in [0.717, 1.165) is 12.8 Å². The highest BCUT2D eigenvalue weighted by Gasteiger charge is 2.33. The number of carboxylic acid groups (broad SMARTS) is 1. The van der Waals surface area contributed by atoms with Gasteiger partial charge in [-0.05, 0) is 25.0 Å². The van der Waals surface area contributed by atoms with Crippen molar-refractivity contribution in [3.05, 3.63) is 33.3 Å². The average Bonchev–Trinajstić information content (AvgIpc) is 3.14. The molecular formula is C12H13ClN2O4. The minimum Gasteiger partial charge on any atom is -0.481 e. The fraction of sp³-hybridized carbons (Fsp3) is 0.417. The molecule has 7 heteroatoms. The number of aliphatic carboxylic acids is 1. The van der Waals surface area contributed by atoms with Gasteiger partial charge < -0.3 is 10.0 Å². The van der Waals surface area contributed by atoms with Crippen molar-refractivity contribution >= 4 is 28.9 Å². The number of nitrogens with zero attached hydrogens (tertiary/aromatic N) is 2. The molecule has 0 unspecified atom stereocenters. The van der Waals surface area contributed by atoms with E-state index in [0.29, 0.717) is 10.7 Å². The number of carboxylic acids is 1. The zero-order chi connectivity index (χ0) is 14.0. The molecule has 1 aliphatic rings. The third-order valence-corrected chi connectivity index (χ3v) is 3.23. The lowest BCUT2D eigenvalue weighted by atomic mass is 10.2. The zero-order valence-electron chi connectivity index (χ0n) is 10.1. The highest BCUT2D eigenvalue weighted by Crippen LogP contribution is 2.38. The molecule has 1 aromatic carbocycles. The van der Waals surface area contributed by atoms with Crippen LogP contribution in [0.2, 0.25) is 5.02 Å². The van der Waals surface area contributed by atoms with Gasteiger partial charge in [-0.1, -0.05) is 11.6 Å². The quantitative estimate of drug-likeness (QED) is 0.641. The zero-order valence-corrected chi connectivity index (χ0v) is 10.8. The van der Waals surface area contributed by atoms with Gasteiger partial charge in [-0.25, -0.2) is 0 Å². The van der Waals surface area contributed by atoms with Crippen LogP contribution in [0.5, 0.6) is 0 Å². The molecule has 1 saturated carbocycles. The molecule has 0 aromatic heterocycles. The lowest BCUT2D eigenvalue weighted by Crippen LogP contribution is -2.29. The number of halogens is 1. The van der Waals surface area contributed by atoms with Crippen LogP contribution in [0.25, 0.3) is 0 Å². The highest BCUT2D eigenvalue weighted by molar-refractivity contribution is 6.30. The standard InChI is InChI=1S/C12H13ClN2O4/c13-8-1-4-10(11(7-8)15(18)19)14(9-2-3-9)6-5-12(16)17/h1,4,7,9H,2-3,5-6H2,(H,16,17). The lowest BCUT2D eigenvalue weighted by Gasteiger charge is -2.23. The summed E-state index contributed by atoms with van der Waals surface area (Å²) in [7, 11) is 0. The summed E-state index contributed by atoms with van der Waals surface area (Å²) in [4.78, 5) is 23.0. The normalized spacial score (nSPS) is 14.2. The van der Waals surface area contributed by atoms with Crippen LogP contribution in [0, 0.1) is 10.1 Å². The average molecular weight is 285 g/mol. The third kappa shape index (κ3) is 3.35. The van der Waals surface area contributed by atoms with Crippen molar-refractivity contribution in [1.29, 1.82) is 0 Å². The molecule has 2 rings (SSSR count). The summed E-state index contributed by atoms with van der Waals surface area (Å²) in [5, 5.41) is 20.1. The van der Waals surface area contributed by atoms with Gasteiger partial charge in [-0.15, -0.1) is 0 Å². The van der Waals surface area contributed by atoms with E-state index in [1.807, 2.05) is 0 Å². The minimum atomic E-state index is -0.915. The van der Waals surface area contributed by atoms with Crippen LogP contribution < -0.4 is 4.90 Å². The van der Waals surface area contributed by atoms with E-state index in [4.69, 9.17) is 16.7 Å². The van der Waals surface area contributed by atoms with E-state index < -0.39 is 10.9 Å². The fourth-order valence-corrected chi connectivity index (χ4v) is 2.15. The van der Waals surface area contributed by atoms with Crippen LogP contribution in [0.3, 0.4) is 0 Å². The van der Waals surface area contributed by atoms with Crippen molar-refractivity contribution in [2.45, 2.75) is 25.3 Å². The molecule has 0 heterocycles. The van der Waals surface area contributed by atoms with Gasteiger partial charge in [0.2, 0.25) is 0 Å². The molecule has 6 nitrogen and oxygen atoms in total. The van der Waals surface area contributed by atoms with Crippen molar-refractivity contribution in [2.75, 3.05) is 11.4 Å². The molecular weight excluding hydrogens is 272 g/mol. The Morgan fingerprint density at radius 2 is 2.21 bits per heavy atom. The van der Waals surface area contributed by atoms with E-state index >= 15 is 0 Å². The molecule has 0 saturated heterocycles. The Morgan fingerprint density at radius 3 is 2.74 bits per heavy atom. The van der Waals surface area contributed by atoms with E-state index in [-0.39, 0.29) is 24.7 Å². The van der Waals surface area contributed by atoms with E-state index in [1.165, 1.54) is 6.07 Å². The Balaban J connectivity index is 2.30. The predicted molar refractivity (Wildman–Crippen MR) is 70.7 cm³/mol. The van der Waals surface area contributed by atoms with Crippen molar-refractivity contribution < 1.29 is 14.8 Å².